The number of nitrogens with zero attached hydrogens (tertiary/aromatic N) is 2. The fourth-order valence-corrected chi connectivity index (χ4v) is 2.56. The zero-order chi connectivity index (χ0) is 12.1. The van der Waals surface area contributed by atoms with Crippen LogP contribution in [0.2, 0.25) is 0 Å². The maximum absolute atomic E-state index is 6.13. The molecular formula is C13H17N3S. The van der Waals surface area contributed by atoms with Crippen LogP contribution in [0.3, 0.4) is 0 Å². The summed E-state index contributed by atoms with van der Waals surface area (Å²) in [5.74, 6) is 0. The van der Waals surface area contributed by atoms with Gasteiger partial charge in [-0.15, -0.1) is 5.10 Å². The van der Waals surface area contributed by atoms with E-state index in [-0.39, 0.29) is 6.04 Å². The van der Waals surface area contributed by atoms with Gasteiger partial charge in [0.2, 0.25) is 0 Å². The molecule has 0 saturated heterocycles. The number of hydrogen-bond donors (Lipinski definition) is 1. The van der Waals surface area contributed by atoms with Crippen molar-refractivity contribution in [1.82, 2.24) is 9.59 Å². The highest BCUT2D eigenvalue weighted by atomic mass is 32.1. The quantitative estimate of drug-likeness (QED) is 0.884. The Morgan fingerprint density at radius 3 is 2.71 bits per heavy atom. The van der Waals surface area contributed by atoms with Crippen LogP contribution < -0.4 is 5.73 Å². The summed E-state index contributed by atoms with van der Waals surface area (Å²) in [4.78, 5) is 1.12. The van der Waals surface area contributed by atoms with E-state index in [0.29, 0.717) is 0 Å². The number of rotatable bonds is 5. The van der Waals surface area contributed by atoms with Gasteiger partial charge in [0.15, 0.2) is 0 Å². The third-order valence-corrected chi connectivity index (χ3v) is 3.80. The van der Waals surface area contributed by atoms with Crippen molar-refractivity contribution in [3.8, 4) is 0 Å². The molecule has 2 aromatic rings. The molecule has 0 bridgehead atoms. The number of aryl methyl sites for hydroxylation is 2. The number of aromatic nitrogens is 2. The SMILES string of the molecule is Cc1nnsc1C(N)CCCc1ccccc1. The first-order chi connectivity index (χ1) is 8.27. The van der Waals surface area contributed by atoms with Gasteiger partial charge in [-0.2, -0.15) is 0 Å². The van der Waals surface area contributed by atoms with Gasteiger partial charge in [-0.3, -0.25) is 0 Å². The van der Waals surface area contributed by atoms with Gasteiger partial charge in [-0.25, -0.2) is 0 Å². The maximum Gasteiger partial charge on any atom is 0.0772 e. The Morgan fingerprint density at radius 1 is 1.29 bits per heavy atom. The molecule has 17 heavy (non-hydrogen) atoms. The van der Waals surface area contributed by atoms with Crippen molar-refractivity contribution in [2.75, 3.05) is 0 Å². The molecule has 1 aromatic heterocycles. The summed E-state index contributed by atoms with van der Waals surface area (Å²) in [6, 6.07) is 10.6. The minimum atomic E-state index is 0.0821. The van der Waals surface area contributed by atoms with Gasteiger partial charge in [0.1, 0.15) is 0 Å². The van der Waals surface area contributed by atoms with E-state index in [4.69, 9.17) is 5.73 Å². The van der Waals surface area contributed by atoms with Crippen molar-refractivity contribution >= 4 is 11.5 Å². The Balaban J connectivity index is 1.81. The Hall–Kier alpha value is -1.26. The summed E-state index contributed by atoms with van der Waals surface area (Å²) in [6.45, 7) is 1.97. The van der Waals surface area contributed by atoms with Gasteiger partial charge in [0, 0.05) is 6.04 Å². The van der Waals surface area contributed by atoms with Gasteiger partial charge in [-0.05, 0) is 43.3 Å². The lowest BCUT2D eigenvalue weighted by Crippen LogP contribution is -2.10. The molecule has 4 heteroatoms. The molecule has 1 aromatic carbocycles. The lowest BCUT2D eigenvalue weighted by molar-refractivity contribution is 0.616. The fraction of sp³-hybridized carbons (Fsp3) is 0.385. The number of benzene rings is 1. The molecule has 3 nitrogen and oxygen atoms in total. The molecule has 1 heterocycles. The lowest BCUT2D eigenvalue weighted by atomic mass is 10.0. The van der Waals surface area contributed by atoms with Crippen molar-refractivity contribution in [2.24, 2.45) is 5.73 Å². The van der Waals surface area contributed by atoms with Gasteiger partial charge in [-0.1, -0.05) is 34.8 Å². The minimum Gasteiger partial charge on any atom is -0.323 e. The van der Waals surface area contributed by atoms with Crippen LogP contribution in [0.15, 0.2) is 30.3 Å². The third kappa shape index (κ3) is 3.35. The van der Waals surface area contributed by atoms with E-state index in [2.05, 4.69) is 33.9 Å². The van der Waals surface area contributed by atoms with E-state index in [1.165, 1.54) is 17.1 Å². The van der Waals surface area contributed by atoms with Gasteiger partial charge in [0.25, 0.3) is 0 Å². The predicted molar refractivity (Wildman–Crippen MR) is 71.0 cm³/mol. The minimum absolute atomic E-state index is 0.0821. The molecule has 0 fully saturated rings. The molecule has 90 valence electrons. The van der Waals surface area contributed by atoms with Crippen molar-refractivity contribution in [1.29, 1.82) is 0 Å². The topological polar surface area (TPSA) is 51.8 Å². The third-order valence-electron chi connectivity index (χ3n) is 2.85. The van der Waals surface area contributed by atoms with Crippen molar-refractivity contribution < 1.29 is 0 Å². The summed E-state index contributed by atoms with van der Waals surface area (Å²) in [7, 11) is 0. The van der Waals surface area contributed by atoms with Crippen LogP contribution in [0.5, 0.6) is 0 Å². The van der Waals surface area contributed by atoms with Crippen LogP contribution in [0.25, 0.3) is 0 Å². The normalized spacial score (nSPS) is 12.6. The molecule has 0 saturated carbocycles. The van der Waals surface area contributed by atoms with Crippen LogP contribution in [0.4, 0.5) is 0 Å². The molecule has 0 spiro atoms. The monoisotopic (exact) mass is 247 g/mol. The second kappa shape index (κ2) is 5.89. The van der Waals surface area contributed by atoms with E-state index < -0.39 is 0 Å². The average Bonchev–Trinajstić information content (AvgIpc) is 2.77. The summed E-state index contributed by atoms with van der Waals surface area (Å²) < 4.78 is 3.92. The summed E-state index contributed by atoms with van der Waals surface area (Å²) in [6.07, 6.45) is 3.17. The van der Waals surface area contributed by atoms with Crippen molar-refractivity contribution in [2.45, 2.75) is 32.2 Å². The Labute approximate surface area is 106 Å². The van der Waals surface area contributed by atoms with Crippen molar-refractivity contribution in [3.05, 3.63) is 46.5 Å². The molecular weight excluding hydrogens is 230 g/mol. The Bertz CT molecular complexity index is 453. The van der Waals surface area contributed by atoms with Crippen LogP contribution in [-0.4, -0.2) is 9.59 Å². The zero-order valence-electron chi connectivity index (χ0n) is 9.97. The average molecular weight is 247 g/mol. The summed E-state index contributed by atoms with van der Waals surface area (Å²) in [5, 5.41) is 3.99. The standard InChI is InChI=1S/C13H17N3S/c1-10-13(17-16-15-10)12(14)9-5-8-11-6-3-2-4-7-11/h2-4,6-7,12H,5,8-9,14H2,1H3. The van der Waals surface area contributed by atoms with E-state index in [0.717, 1.165) is 29.8 Å². The van der Waals surface area contributed by atoms with E-state index in [9.17, 15) is 0 Å². The van der Waals surface area contributed by atoms with Gasteiger partial charge < -0.3 is 5.73 Å². The lowest BCUT2D eigenvalue weighted by Gasteiger charge is -2.09. The highest BCUT2D eigenvalue weighted by molar-refractivity contribution is 7.05. The molecule has 0 radical (unpaired) electrons. The van der Waals surface area contributed by atoms with E-state index in [1.54, 1.807) is 0 Å². The second-order valence-corrected chi connectivity index (χ2v) is 4.99. The Morgan fingerprint density at radius 2 is 2.06 bits per heavy atom. The smallest absolute Gasteiger partial charge is 0.0772 e. The van der Waals surface area contributed by atoms with E-state index in [1.807, 2.05) is 13.0 Å². The molecule has 0 amide bonds. The molecule has 0 aliphatic heterocycles. The highest BCUT2D eigenvalue weighted by Gasteiger charge is 2.12. The Kier molecular flexibility index (Phi) is 4.23. The predicted octanol–water partition coefficient (Wildman–Crippen LogP) is 2.87. The fourth-order valence-electron chi connectivity index (χ4n) is 1.88. The molecule has 0 aliphatic carbocycles. The molecule has 1 unspecified atom stereocenters. The van der Waals surface area contributed by atoms with E-state index >= 15 is 0 Å². The molecule has 0 aliphatic rings. The molecule has 2 rings (SSSR count). The van der Waals surface area contributed by atoms with Crippen LogP contribution in [0, 0.1) is 6.92 Å². The second-order valence-electron chi connectivity index (χ2n) is 4.21. The van der Waals surface area contributed by atoms with Crippen LogP contribution in [-0.2, 0) is 6.42 Å². The highest BCUT2D eigenvalue weighted by Crippen LogP contribution is 2.22. The summed E-state index contributed by atoms with van der Waals surface area (Å²) >= 11 is 1.42. The van der Waals surface area contributed by atoms with Crippen LogP contribution >= 0.6 is 11.5 Å². The first-order valence-corrected chi connectivity index (χ1v) is 6.63. The maximum atomic E-state index is 6.13. The van der Waals surface area contributed by atoms with Crippen molar-refractivity contribution in [3.63, 3.8) is 0 Å². The first-order valence-electron chi connectivity index (χ1n) is 5.85. The number of nitrogens with two attached hydrogens (primary N) is 1. The molecule has 2 N–H and O–H groups in total. The summed E-state index contributed by atoms with van der Waals surface area (Å²) in [5.41, 5.74) is 8.48. The van der Waals surface area contributed by atoms with Crippen LogP contribution in [0.1, 0.15) is 35.0 Å². The molecule has 1 atom stereocenters. The largest absolute Gasteiger partial charge is 0.323 e. The first kappa shape index (κ1) is 12.2. The number of hydrogen-bond acceptors (Lipinski definition) is 4. The van der Waals surface area contributed by atoms with Gasteiger partial charge in [0.05, 0.1) is 10.6 Å². The zero-order valence-corrected chi connectivity index (χ0v) is 10.8. The van der Waals surface area contributed by atoms with Gasteiger partial charge >= 0.3 is 0 Å².